The van der Waals surface area contributed by atoms with Crippen LogP contribution in [-0.2, 0) is 0 Å². The number of benzene rings is 1. The van der Waals surface area contributed by atoms with Gasteiger partial charge in [0.2, 0.25) is 0 Å². The van der Waals surface area contributed by atoms with E-state index in [2.05, 4.69) is 15.9 Å². The van der Waals surface area contributed by atoms with Gasteiger partial charge in [0.25, 0.3) is 0 Å². The highest BCUT2D eigenvalue weighted by Gasteiger charge is 2.21. The van der Waals surface area contributed by atoms with Gasteiger partial charge in [0.15, 0.2) is 0 Å². The monoisotopic (exact) mass is 399 g/mol. The zero-order chi connectivity index (χ0) is 14.2. The third-order valence-electron chi connectivity index (χ3n) is 2.59. The highest BCUT2D eigenvalue weighted by molar-refractivity contribution is 9.10. The number of halogens is 4. The van der Waals surface area contributed by atoms with Crippen molar-refractivity contribution in [3.8, 4) is 5.75 Å². The second-order valence-electron chi connectivity index (χ2n) is 3.77. The van der Waals surface area contributed by atoms with Crippen LogP contribution in [0.4, 0.5) is 0 Å². The Morgan fingerprint density at radius 2 is 1.89 bits per heavy atom. The molecule has 0 saturated heterocycles. The maximum atomic E-state index is 6.25. The summed E-state index contributed by atoms with van der Waals surface area (Å²) in [5, 5.41) is 0.565. The third-order valence-corrected chi connectivity index (χ3v) is 4.92. The predicted molar refractivity (Wildman–Crippen MR) is 86.1 cm³/mol. The molecule has 0 saturated carbocycles. The Morgan fingerprint density at radius 3 is 2.42 bits per heavy atom. The molecule has 0 aliphatic rings. The predicted octanol–water partition coefficient (Wildman–Crippen LogP) is 5.53. The average molecular weight is 402 g/mol. The molecule has 0 bridgehead atoms. The number of nitrogens with two attached hydrogens (primary N) is 1. The number of rotatable bonds is 3. The van der Waals surface area contributed by atoms with E-state index in [1.165, 1.54) is 11.3 Å². The quantitative estimate of drug-likeness (QED) is 0.734. The summed E-state index contributed by atoms with van der Waals surface area (Å²) in [4.78, 5) is 0. The van der Waals surface area contributed by atoms with E-state index in [1.54, 1.807) is 25.3 Å². The van der Waals surface area contributed by atoms with Crippen molar-refractivity contribution in [1.82, 2.24) is 0 Å². The molecule has 0 aliphatic carbocycles. The minimum atomic E-state index is -0.457. The molecule has 2 N–H and O–H groups in total. The fourth-order valence-corrected chi connectivity index (χ4v) is 4.30. The summed E-state index contributed by atoms with van der Waals surface area (Å²) in [5.41, 5.74) is 7.75. The molecule has 0 amide bonds. The maximum absolute atomic E-state index is 6.25. The minimum absolute atomic E-state index is 0.457. The molecule has 102 valence electrons. The fraction of sp³-hybridized carbons (Fsp3) is 0.167. The zero-order valence-corrected chi connectivity index (χ0v) is 14.4. The van der Waals surface area contributed by atoms with Crippen LogP contribution in [0.5, 0.6) is 5.75 Å². The molecule has 2 rings (SSSR count). The van der Waals surface area contributed by atoms with Crippen molar-refractivity contribution in [2.75, 3.05) is 7.11 Å². The molecule has 0 radical (unpaired) electrons. The lowest BCUT2D eigenvalue weighted by molar-refractivity contribution is 0.405. The lowest BCUT2D eigenvalue weighted by Gasteiger charge is -2.17. The van der Waals surface area contributed by atoms with Crippen molar-refractivity contribution in [3.63, 3.8) is 0 Å². The van der Waals surface area contributed by atoms with Gasteiger partial charge in [-0.3, -0.25) is 0 Å². The number of ether oxygens (including phenoxy) is 1. The SMILES string of the molecule is COc1c(Br)cc(Cl)cc1C(N)c1cc(Cl)sc1Cl. The summed E-state index contributed by atoms with van der Waals surface area (Å²) in [6, 6.07) is 4.81. The third kappa shape index (κ3) is 3.20. The second-order valence-corrected chi connectivity index (χ2v) is 7.34. The zero-order valence-electron chi connectivity index (χ0n) is 9.72. The molecule has 1 aromatic carbocycles. The molecular formula is C12H9BrCl3NOS. The van der Waals surface area contributed by atoms with E-state index < -0.39 is 6.04 Å². The Kier molecular flexibility index (Phi) is 5.04. The molecule has 1 aromatic heterocycles. The van der Waals surface area contributed by atoms with Crippen molar-refractivity contribution in [2.24, 2.45) is 5.73 Å². The first kappa shape index (κ1) is 15.4. The first-order valence-corrected chi connectivity index (χ1v) is 7.91. The van der Waals surface area contributed by atoms with Crippen molar-refractivity contribution >= 4 is 62.1 Å². The fourth-order valence-electron chi connectivity index (χ4n) is 1.76. The Hall–Kier alpha value is 0.0300. The van der Waals surface area contributed by atoms with Gasteiger partial charge in [0.1, 0.15) is 5.75 Å². The lowest BCUT2D eigenvalue weighted by atomic mass is 10.0. The van der Waals surface area contributed by atoms with Crippen LogP contribution in [0.2, 0.25) is 13.7 Å². The van der Waals surface area contributed by atoms with Gasteiger partial charge in [-0.2, -0.15) is 0 Å². The number of methoxy groups -OCH3 is 1. The normalized spacial score (nSPS) is 12.5. The smallest absolute Gasteiger partial charge is 0.138 e. The van der Waals surface area contributed by atoms with E-state index in [4.69, 9.17) is 45.3 Å². The standard InChI is InChI=1S/C12H9BrCl3NOS/c1-18-11-6(2-5(14)3-8(11)13)10(17)7-4-9(15)19-12(7)16/h2-4,10H,17H2,1H3. The van der Waals surface area contributed by atoms with Crippen LogP contribution in [-0.4, -0.2) is 7.11 Å². The van der Waals surface area contributed by atoms with E-state index in [0.29, 0.717) is 19.4 Å². The Bertz CT molecular complexity index is 617. The Balaban J connectivity index is 2.55. The van der Waals surface area contributed by atoms with Gasteiger partial charge in [-0.1, -0.05) is 34.8 Å². The topological polar surface area (TPSA) is 35.2 Å². The first-order chi connectivity index (χ1) is 8.93. The van der Waals surface area contributed by atoms with E-state index in [1.807, 2.05) is 0 Å². The highest BCUT2D eigenvalue weighted by Crippen LogP contribution is 2.41. The summed E-state index contributed by atoms with van der Waals surface area (Å²) in [5.74, 6) is 0.635. The molecular weight excluding hydrogens is 392 g/mol. The van der Waals surface area contributed by atoms with Crippen LogP contribution < -0.4 is 10.5 Å². The summed E-state index contributed by atoms with van der Waals surface area (Å²) >= 11 is 22.8. The molecule has 2 nitrogen and oxygen atoms in total. The summed E-state index contributed by atoms with van der Waals surface area (Å²) in [6.07, 6.45) is 0. The number of hydrogen-bond acceptors (Lipinski definition) is 3. The molecule has 0 fully saturated rings. The summed E-state index contributed by atoms with van der Waals surface area (Å²) in [7, 11) is 1.58. The van der Waals surface area contributed by atoms with Gasteiger partial charge in [0, 0.05) is 16.1 Å². The van der Waals surface area contributed by atoms with Gasteiger partial charge in [0.05, 0.1) is 26.3 Å². The molecule has 0 aliphatic heterocycles. The van der Waals surface area contributed by atoms with Crippen molar-refractivity contribution in [1.29, 1.82) is 0 Å². The largest absolute Gasteiger partial charge is 0.495 e. The van der Waals surface area contributed by atoms with E-state index in [9.17, 15) is 0 Å². The molecule has 0 spiro atoms. The van der Waals surface area contributed by atoms with Crippen LogP contribution in [0.1, 0.15) is 17.2 Å². The molecule has 1 unspecified atom stereocenters. The van der Waals surface area contributed by atoms with Crippen LogP contribution in [0.15, 0.2) is 22.7 Å². The molecule has 2 aromatic rings. The lowest BCUT2D eigenvalue weighted by Crippen LogP contribution is -2.13. The first-order valence-electron chi connectivity index (χ1n) is 5.17. The summed E-state index contributed by atoms with van der Waals surface area (Å²) in [6.45, 7) is 0. The van der Waals surface area contributed by atoms with Gasteiger partial charge >= 0.3 is 0 Å². The Labute approximate surface area is 138 Å². The molecule has 7 heteroatoms. The number of hydrogen-bond donors (Lipinski definition) is 1. The number of thiophene rings is 1. The van der Waals surface area contributed by atoms with Gasteiger partial charge in [-0.15, -0.1) is 11.3 Å². The molecule has 1 atom stereocenters. The van der Waals surface area contributed by atoms with Crippen LogP contribution >= 0.6 is 62.1 Å². The van der Waals surface area contributed by atoms with Crippen molar-refractivity contribution in [3.05, 3.63) is 47.5 Å². The Morgan fingerprint density at radius 1 is 1.21 bits per heavy atom. The second kappa shape index (κ2) is 6.20. The van der Waals surface area contributed by atoms with Crippen LogP contribution in [0.25, 0.3) is 0 Å². The average Bonchev–Trinajstić information content (AvgIpc) is 2.66. The molecule has 1 heterocycles. The summed E-state index contributed by atoms with van der Waals surface area (Å²) < 4.78 is 7.26. The van der Waals surface area contributed by atoms with Crippen LogP contribution in [0, 0.1) is 0 Å². The van der Waals surface area contributed by atoms with E-state index >= 15 is 0 Å². The minimum Gasteiger partial charge on any atom is -0.495 e. The van der Waals surface area contributed by atoms with Gasteiger partial charge in [-0.05, 0) is 34.1 Å². The van der Waals surface area contributed by atoms with Gasteiger partial charge < -0.3 is 10.5 Å². The highest BCUT2D eigenvalue weighted by atomic mass is 79.9. The van der Waals surface area contributed by atoms with E-state index in [-0.39, 0.29) is 0 Å². The molecule has 19 heavy (non-hydrogen) atoms. The van der Waals surface area contributed by atoms with E-state index in [0.717, 1.165) is 15.6 Å². The van der Waals surface area contributed by atoms with Crippen molar-refractivity contribution in [2.45, 2.75) is 6.04 Å². The maximum Gasteiger partial charge on any atom is 0.138 e. The van der Waals surface area contributed by atoms with Crippen molar-refractivity contribution < 1.29 is 4.74 Å². The van der Waals surface area contributed by atoms with Gasteiger partial charge in [-0.25, -0.2) is 0 Å². The van der Waals surface area contributed by atoms with Crippen LogP contribution in [0.3, 0.4) is 0 Å².